The van der Waals surface area contributed by atoms with Crippen LogP contribution in [0.15, 0.2) is 6.20 Å². The molecule has 2 atom stereocenters. The predicted molar refractivity (Wildman–Crippen MR) is 75.9 cm³/mol. The van der Waals surface area contributed by atoms with Crippen molar-refractivity contribution in [1.29, 1.82) is 0 Å². The highest BCUT2D eigenvalue weighted by Crippen LogP contribution is 2.29. The first-order chi connectivity index (χ1) is 9.54. The molecule has 0 spiro atoms. The Morgan fingerprint density at radius 1 is 1.65 bits per heavy atom. The number of hydrogen-bond donors (Lipinski definition) is 3. The van der Waals surface area contributed by atoms with E-state index >= 15 is 0 Å². The average Bonchev–Trinajstić information content (AvgIpc) is 2.82. The molecule has 6 heteroatoms. The third-order valence-corrected chi connectivity index (χ3v) is 3.91. The summed E-state index contributed by atoms with van der Waals surface area (Å²) in [5.41, 5.74) is 8.07. The summed E-state index contributed by atoms with van der Waals surface area (Å²) in [4.78, 5) is 12.1. The second-order valence-corrected chi connectivity index (χ2v) is 5.72. The molecular formula is C14H24N4O2. The second-order valence-electron chi connectivity index (χ2n) is 5.72. The molecule has 1 aliphatic carbocycles. The molecule has 1 aliphatic rings. The van der Waals surface area contributed by atoms with Crippen molar-refractivity contribution in [2.75, 3.05) is 6.61 Å². The fraction of sp³-hybridized carbons (Fsp3) is 0.714. The Kier molecular flexibility index (Phi) is 4.77. The summed E-state index contributed by atoms with van der Waals surface area (Å²) in [5.74, 6) is 0.0166. The largest absolute Gasteiger partial charge is 0.394 e. The zero-order valence-corrected chi connectivity index (χ0v) is 12.2. The van der Waals surface area contributed by atoms with Gasteiger partial charge in [-0.3, -0.25) is 9.48 Å². The van der Waals surface area contributed by atoms with Crippen LogP contribution in [0.1, 0.15) is 44.0 Å². The zero-order chi connectivity index (χ0) is 14.7. The first-order valence-electron chi connectivity index (χ1n) is 7.26. The van der Waals surface area contributed by atoms with Crippen LogP contribution in [0.4, 0.5) is 0 Å². The molecule has 1 heterocycles. The van der Waals surface area contributed by atoms with Gasteiger partial charge < -0.3 is 16.2 Å². The minimum atomic E-state index is -0.479. The van der Waals surface area contributed by atoms with E-state index in [-0.39, 0.29) is 24.5 Å². The minimum Gasteiger partial charge on any atom is -0.394 e. The van der Waals surface area contributed by atoms with E-state index < -0.39 is 6.04 Å². The van der Waals surface area contributed by atoms with Crippen molar-refractivity contribution in [3.05, 3.63) is 17.5 Å². The standard InChI is InChI=1S/C14H24N4O2/c1-9(2)13(15)14(20)17-11-4-3-5-12-10(11)8-16-18(12)6-7-19/h8-9,11,13,19H,3-7,15H2,1-2H3,(H,17,20)/t11?,13-/m1/s1. The Bertz CT molecular complexity index is 470. The highest BCUT2D eigenvalue weighted by Gasteiger charge is 2.27. The van der Waals surface area contributed by atoms with E-state index in [1.165, 1.54) is 0 Å². The number of amides is 1. The smallest absolute Gasteiger partial charge is 0.237 e. The number of rotatable bonds is 5. The lowest BCUT2D eigenvalue weighted by Crippen LogP contribution is -2.45. The molecule has 1 aromatic heterocycles. The van der Waals surface area contributed by atoms with Gasteiger partial charge in [-0.25, -0.2) is 0 Å². The number of nitrogens with one attached hydrogen (secondary N) is 1. The van der Waals surface area contributed by atoms with Gasteiger partial charge in [0.25, 0.3) is 0 Å². The molecule has 0 saturated carbocycles. The summed E-state index contributed by atoms with van der Waals surface area (Å²) < 4.78 is 1.83. The molecule has 1 aromatic rings. The summed E-state index contributed by atoms with van der Waals surface area (Å²) in [7, 11) is 0. The molecule has 6 nitrogen and oxygen atoms in total. The van der Waals surface area contributed by atoms with Crippen molar-refractivity contribution in [1.82, 2.24) is 15.1 Å². The molecular weight excluding hydrogens is 256 g/mol. The van der Waals surface area contributed by atoms with Crippen LogP contribution in [0.3, 0.4) is 0 Å². The topological polar surface area (TPSA) is 93.2 Å². The summed E-state index contributed by atoms with van der Waals surface area (Å²) >= 11 is 0. The lowest BCUT2D eigenvalue weighted by molar-refractivity contribution is -0.124. The van der Waals surface area contributed by atoms with Crippen molar-refractivity contribution in [2.45, 2.75) is 51.7 Å². The first-order valence-corrected chi connectivity index (χ1v) is 7.26. The number of hydrogen-bond acceptors (Lipinski definition) is 4. The molecule has 112 valence electrons. The highest BCUT2D eigenvalue weighted by atomic mass is 16.3. The molecule has 0 aromatic carbocycles. The third-order valence-electron chi connectivity index (χ3n) is 3.91. The quantitative estimate of drug-likeness (QED) is 0.725. The summed E-state index contributed by atoms with van der Waals surface area (Å²) in [6.07, 6.45) is 4.66. The second kappa shape index (κ2) is 6.37. The molecule has 4 N–H and O–H groups in total. The maximum atomic E-state index is 12.1. The Labute approximate surface area is 119 Å². The van der Waals surface area contributed by atoms with Crippen molar-refractivity contribution < 1.29 is 9.90 Å². The molecule has 0 saturated heterocycles. The Morgan fingerprint density at radius 2 is 2.40 bits per heavy atom. The molecule has 1 amide bonds. The average molecular weight is 280 g/mol. The van der Waals surface area contributed by atoms with Gasteiger partial charge in [0.2, 0.25) is 5.91 Å². The summed E-state index contributed by atoms with van der Waals surface area (Å²) in [6, 6.07) is -0.489. The number of aliphatic hydroxyl groups excluding tert-OH is 1. The first kappa shape index (κ1) is 15.0. The van der Waals surface area contributed by atoms with Crippen molar-refractivity contribution in [3.8, 4) is 0 Å². The summed E-state index contributed by atoms with van der Waals surface area (Å²) in [5, 5.41) is 16.4. The van der Waals surface area contributed by atoms with Gasteiger partial charge in [-0.2, -0.15) is 5.10 Å². The van der Waals surface area contributed by atoms with Gasteiger partial charge in [0, 0.05) is 11.3 Å². The highest BCUT2D eigenvalue weighted by molar-refractivity contribution is 5.82. The molecule has 0 aliphatic heterocycles. The van der Waals surface area contributed by atoms with Gasteiger partial charge in [0.1, 0.15) is 0 Å². The van der Waals surface area contributed by atoms with E-state index in [0.717, 1.165) is 30.5 Å². The van der Waals surface area contributed by atoms with Crippen molar-refractivity contribution in [2.24, 2.45) is 11.7 Å². The van der Waals surface area contributed by atoms with Crippen LogP contribution in [0, 0.1) is 5.92 Å². The van der Waals surface area contributed by atoms with Gasteiger partial charge in [0.05, 0.1) is 31.4 Å². The van der Waals surface area contributed by atoms with Crippen LogP contribution in [-0.4, -0.2) is 33.4 Å². The van der Waals surface area contributed by atoms with Crippen molar-refractivity contribution >= 4 is 5.91 Å². The van der Waals surface area contributed by atoms with Gasteiger partial charge in [0.15, 0.2) is 0 Å². The molecule has 2 rings (SSSR count). The molecule has 0 fully saturated rings. The zero-order valence-electron chi connectivity index (χ0n) is 12.2. The minimum absolute atomic E-state index is 0.0107. The Hall–Kier alpha value is -1.40. The number of nitrogens with two attached hydrogens (primary N) is 1. The Balaban J connectivity index is 2.11. The normalized spacial score (nSPS) is 19.8. The van der Waals surface area contributed by atoms with Gasteiger partial charge in [-0.15, -0.1) is 0 Å². The molecule has 1 unspecified atom stereocenters. The third kappa shape index (κ3) is 3.02. The summed E-state index contributed by atoms with van der Waals surface area (Å²) in [6.45, 7) is 4.45. The number of aromatic nitrogens is 2. The van der Waals surface area contributed by atoms with E-state index in [9.17, 15) is 4.79 Å². The predicted octanol–water partition coefficient (Wildman–Crippen LogP) is 0.352. The van der Waals surface area contributed by atoms with Crippen LogP contribution < -0.4 is 11.1 Å². The number of carbonyl (C=O) groups excluding carboxylic acids is 1. The number of nitrogens with zero attached hydrogens (tertiary/aromatic N) is 2. The number of aliphatic hydroxyl groups is 1. The van der Waals surface area contributed by atoms with E-state index in [4.69, 9.17) is 10.8 Å². The maximum Gasteiger partial charge on any atom is 0.237 e. The van der Waals surface area contributed by atoms with Crippen LogP contribution in [0.25, 0.3) is 0 Å². The van der Waals surface area contributed by atoms with Crippen LogP contribution in [-0.2, 0) is 17.8 Å². The molecule has 0 bridgehead atoms. The Morgan fingerprint density at radius 3 is 3.05 bits per heavy atom. The van der Waals surface area contributed by atoms with E-state index in [1.807, 2.05) is 18.5 Å². The lowest BCUT2D eigenvalue weighted by Gasteiger charge is -2.26. The maximum absolute atomic E-state index is 12.1. The SMILES string of the molecule is CC(C)[C@@H](N)C(=O)NC1CCCc2c1cnn2CCO. The van der Waals surface area contributed by atoms with E-state index in [1.54, 1.807) is 6.20 Å². The van der Waals surface area contributed by atoms with Gasteiger partial charge in [-0.1, -0.05) is 13.8 Å². The van der Waals surface area contributed by atoms with Gasteiger partial charge in [-0.05, 0) is 25.2 Å². The van der Waals surface area contributed by atoms with Crippen LogP contribution in [0.2, 0.25) is 0 Å². The van der Waals surface area contributed by atoms with E-state index in [2.05, 4.69) is 10.4 Å². The van der Waals surface area contributed by atoms with Crippen LogP contribution in [0.5, 0.6) is 0 Å². The fourth-order valence-corrected chi connectivity index (χ4v) is 2.63. The van der Waals surface area contributed by atoms with Crippen LogP contribution >= 0.6 is 0 Å². The van der Waals surface area contributed by atoms with Crippen molar-refractivity contribution in [3.63, 3.8) is 0 Å². The van der Waals surface area contributed by atoms with Gasteiger partial charge >= 0.3 is 0 Å². The number of carbonyl (C=O) groups is 1. The number of fused-ring (bicyclic) bond motifs is 1. The molecule has 20 heavy (non-hydrogen) atoms. The lowest BCUT2D eigenvalue weighted by atomic mass is 9.92. The molecule has 0 radical (unpaired) electrons. The van der Waals surface area contributed by atoms with E-state index in [0.29, 0.717) is 6.54 Å². The fourth-order valence-electron chi connectivity index (χ4n) is 2.63. The monoisotopic (exact) mass is 280 g/mol.